The first-order valence-corrected chi connectivity index (χ1v) is 12.6. The molecule has 0 bridgehead atoms. The molecule has 200 valence electrons. The minimum Gasteiger partial charge on any atom is -0.508 e. The number of unbranched alkanes of at least 4 members (excludes halogenated alkanes) is 2. The van der Waals surface area contributed by atoms with Gasteiger partial charge in [-0.3, -0.25) is 14.4 Å². The minimum atomic E-state index is -1.33. The van der Waals surface area contributed by atoms with Gasteiger partial charge >= 0.3 is 6.09 Å². The van der Waals surface area contributed by atoms with Gasteiger partial charge in [0.2, 0.25) is 17.7 Å². The molecule has 5 N–H and O–H groups in total. The van der Waals surface area contributed by atoms with Crippen LogP contribution in [0.1, 0.15) is 84.2 Å². The molecule has 1 saturated carbocycles. The number of hydrogen-bond donors (Lipinski definition) is 4. The van der Waals surface area contributed by atoms with E-state index in [2.05, 4.69) is 17.6 Å². The van der Waals surface area contributed by atoms with Crippen LogP contribution in [0.5, 0.6) is 5.75 Å². The molecular formula is C26H40N4O6. The van der Waals surface area contributed by atoms with Crippen LogP contribution in [0.4, 0.5) is 4.79 Å². The van der Waals surface area contributed by atoms with E-state index in [0.717, 1.165) is 25.7 Å². The molecule has 0 spiro atoms. The zero-order chi connectivity index (χ0) is 26.9. The molecule has 10 nitrogen and oxygen atoms in total. The second-order valence-electron chi connectivity index (χ2n) is 10.2. The highest BCUT2D eigenvalue weighted by molar-refractivity contribution is 5.95. The largest absolute Gasteiger partial charge is 0.508 e. The number of para-hydroxylation sites is 1. The van der Waals surface area contributed by atoms with E-state index in [0.29, 0.717) is 19.4 Å². The van der Waals surface area contributed by atoms with Gasteiger partial charge in [-0.2, -0.15) is 0 Å². The lowest BCUT2D eigenvalue weighted by molar-refractivity contribution is -0.148. The van der Waals surface area contributed by atoms with Gasteiger partial charge in [0.25, 0.3) is 0 Å². The van der Waals surface area contributed by atoms with Crippen LogP contribution in [-0.2, 0) is 19.1 Å². The fourth-order valence-electron chi connectivity index (χ4n) is 4.03. The fraction of sp³-hybridized carbons (Fsp3) is 0.615. The van der Waals surface area contributed by atoms with Crippen molar-refractivity contribution in [1.29, 1.82) is 0 Å². The maximum Gasteiger partial charge on any atom is 0.408 e. The average molecular weight is 505 g/mol. The quantitative estimate of drug-likeness (QED) is 0.321. The van der Waals surface area contributed by atoms with Gasteiger partial charge in [0.1, 0.15) is 23.4 Å². The molecule has 36 heavy (non-hydrogen) atoms. The third-order valence-electron chi connectivity index (χ3n) is 5.95. The summed E-state index contributed by atoms with van der Waals surface area (Å²) >= 11 is 0. The summed E-state index contributed by atoms with van der Waals surface area (Å²) in [6, 6.07) is 3.56. The number of nitrogens with two attached hydrogens (primary N) is 1. The molecule has 1 fully saturated rings. The number of benzene rings is 1. The Labute approximate surface area is 212 Å². The van der Waals surface area contributed by atoms with Crippen LogP contribution in [0.15, 0.2) is 24.3 Å². The molecule has 1 aromatic carbocycles. The number of aromatic hydroxyl groups is 1. The number of amides is 4. The third-order valence-corrected chi connectivity index (χ3v) is 5.95. The predicted octanol–water partition coefficient (Wildman–Crippen LogP) is 2.89. The van der Waals surface area contributed by atoms with Gasteiger partial charge in [0.05, 0.1) is 6.42 Å². The number of alkyl carbamates (subject to hydrolysis) is 1. The summed E-state index contributed by atoms with van der Waals surface area (Å²) in [5, 5.41) is 16.0. The summed E-state index contributed by atoms with van der Waals surface area (Å²) in [4.78, 5) is 53.1. The fourth-order valence-corrected chi connectivity index (χ4v) is 4.03. The first-order valence-electron chi connectivity index (χ1n) is 12.6. The smallest absolute Gasteiger partial charge is 0.408 e. The molecule has 1 aliphatic carbocycles. The lowest BCUT2D eigenvalue weighted by Crippen LogP contribution is -2.58. The number of phenolic OH excluding ortho intramolecular Hbond substituents is 1. The summed E-state index contributed by atoms with van der Waals surface area (Å²) in [7, 11) is 0. The van der Waals surface area contributed by atoms with Gasteiger partial charge in [-0.1, -0.05) is 38.0 Å². The highest BCUT2D eigenvalue weighted by Gasteiger charge is 2.43. The normalized spacial score (nSPS) is 15.2. The number of nitrogens with one attached hydrogen (secondary N) is 2. The van der Waals surface area contributed by atoms with Crippen molar-refractivity contribution in [3.8, 4) is 5.75 Å². The number of nitrogens with zero attached hydrogens (tertiary/aromatic N) is 1. The second-order valence-corrected chi connectivity index (χ2v) is 10.2. The molecule has 0 heterocycles. The topological polar surface area (TPSA) is 151 Å². The lowest BCUT2D eigenvalue weighted by Gasteiger charge is -2.43. The van der Waals surface area contributed by atoms with Crippen molar-refractivity contribution >= 4 is 23.8 Å². The standard InChI is InChI=1S/C26H40N4O6/c1-5-6-9-15-28-23(33)22(18-13-7-8-14-20(18)31)30(17-11-10-12-17)24(34)19(16-21(27)32)29-25(35)36-26(2,3)4/h7-8,13-14,17,19,22,31H,5-6,9-12,15-16H2,1-4H3,(H2,27,32)(H,28,33)(H,29,35). The Morgan fingerprint density at radius 2 is 1.83 bits per heavy atom. The lowest BCUT2D eigenvalue weighted by atomic mass is 9.87. The zero-order valence-electron chi connectivity index (χ0n) is 21.7. The van der Waals surface area contributed by atoms with Gasteiger partial charge < -0.3 is 31.1 Å². The van der Waals surface area contributed by atoms with Crippen molar-refractivity contribution in [2.24, 2.45) is 5.73 Å². The second kappa shape index (κ2) is 13.1. The number of phenols is 1. The van der Waals surface area contributed by atoms with Crippen LogP contribution in [0.25, 0.3) is 0 Å². The number of hydrogen-bond acceptors (Lipinski definition) is 6. The SMILES string of the molecule is CCCCCNC(=O)C(c1ccccc1O)N(C(=O)C(CC(N)=O)NC(=O)OC(C)(C)C)C1CCC1. The van der Waals surface area contributed by atoms with E-state index >= 15 is 0 Å². The molecule has 2 unspecified atom stereocenters. The zero-order valence-corrected chi connectivity index (χ0v) is 21.7. The van der Waals surface area contributed by atoms with Crippen LogP contribution in [0.2, 0.25) is 0 Å². The monoisotopic (exact) mass is 504 g/mol. The van der Waals surface area contributed by atoms with Crippen molar-refractivity contribution in [2.75, 3.05) is 6.54 Å². The Balaban J connectivity index is 2.44. The van der Waals surface area contributed by atoms with Crippen molar-refractivity contribution in [2.45, 2.75) is 96.4 Å². The molecule has 0 aromatic heterocycles. The maximum absolute atomic E-state index is 13.9. The van der Waals surface area contributed by atoms with Gasteiger partial charge in [0, 0.05) is 18.2 Å². The predicted molar refractivity (Wildman–Crippen MR) is 135 cm³/mol. The molecule has 2 atom stereocenters. The van der Waals surface area contributed by atoms with Crippen LogP contribution in [0.3, 0.4) is 0 Å². The molecule has 1 aliphatic rings. The first kappa shape index (κ1) is 28.9. The Morgan fingerprint density at radius 1 is 1.17 bits per heavy atom. The third kappa shape index (κ3) is 8.42. The van der Waals surface area contributed by atoms with Gasteiger partial charge in [-0.15, -0.1) is 0 Å². The summed E-state index contributed by atoms with van der Waals surface area (Å²) < 4.78 is 5.28. The molecule has 10 heteroatoms. The van der Waals surface area contributed by atoms with Crippen LogP contribution >= 0.6 is 0 Å². The van der Waals surface area contributed by atoms with E-state index in [-0.39, 0.29) is 17.4 Å². The van der Waals surface area contributed by atoms with E-state index < -0.39 is 47.9 Å². The maximum atomic E-state index is 13.9. The molecule has 1 aromatic rings. The van der Waals surface area contributed by atoms with Crippen molar-refractivity contribution in [3.05, 3.63) is 29.8 Å². The Hall–Kier alpha value is -3.30. The molecule has 0 radical (unpaired) electrons. The van der Waals surface area contributed by atoms with Crippen molar-refractivity contribution < 1.29 is 29.0 Å². The molecular weight excluding hydrogens is 464 g/mol. The summed E-state index contributed by atoms with van der Waals surface area (Å²) in [5.41, 5.74) is 4.84. The van der Waals surface area contributed by atoms with E-state index in [1.807, 2.05) is 0 Å². The number of ether oxygens (including phenoxy) is 1. The van der Waals surface area contributed by atoms with Gasteiger partial charge in [-0.25, -0.2) is 4.79 Å². The summed E-state index contributed by atoms with van der Waals surface area (Å²) in [6.07, 6.45) is 3.51. The number of rotatable bonds is 12. The Bertz CT molecular complexity index is 925. The molecule has 0 aliphatic heterocycles. The molecule has 4 amide bonds. The highest BCUT2D eigenvalue weighted by Crippen LogP contribution is 2.36. The number of carbonyl (C=O) groups excluding carboxylic acids is 4. The van der Waals surface area contributed by atoms with Crippen LogP contribution in [-0.4, -0.2) is 58.1 Å². The van der Waals surface area contributed by atoms with Crippen LogP contribution < -0.4 is 16.4 Å². The van der Waals surface area contributed by atoms with E-state index in [1.54, 1.807) is 39.0 Å². The molecule has 2 rings (SSSR count). The number of primary amides is 1. The molecule has 0 saturated heterocycles. The highest BCUT2D eigenvalue weighted by atomic mass is 16.6. The Kier molecular flexibility index (Phi) is 10.6. The minimum absolute atomic E-state index is 0.130. The summed E-state index contributed by atoms with van der Waals surface area (Å²) in [5.74, 6) is -2.00. The van der Waals surface area contributed by atoms with Crippen molar-refractivity contribution in [3.63, 3.8) is 0 Å². The van der Waals surface area contributed by atoms with Crippen LogP contribution in [0, 0.1) is 0 Å². The van der Waals surface area contributed by atoms with E-state index in [1.165, 1.54) is 11.0 Å². The Morgan fingerprint density at radius 3 is 2.36 bits per heavy atom. The average Bonchev–Trinajstić information content (AvgIpc) is 2.73. The number of carbonyl (C=O) groups is 4. The summed E-state index contributed by atoms with van der Waals surface area (Å²) in [6.45, 7) is 7.50. The van der Waals surface area contributed by atoms with E-state index in [4.69, 9.17) is 10.5 Å². The first-order chi connectivity index (χ1) is 16.9. The van der Waals surface area contributed by atoms with Gasteiger partial charge in [0.15, 0.2) is 0 Å². The van der Waals surface area contributed by atoms with E-state index in [9.17, 15) is 24.3 Å². The van der Waals surface area contributed by atoms with Gasteiger partial charge in [-0.05, 0) is 52.5 Å². The van der Waals surface area contributed by atoms with Crippen molar-refractivity contribution in [1.82, 2.24) is 15.5 Å².